The van der Waals surface area contributed by atoms with Crippen molar-refractivity contribution in [2.45, 2.75) is 27.2 Å². The molecule has 2 rings (SSSR count). The second-order valence-corrected chi connectivity index (χ2v) is 2.60. The number of nitrogens with zero attached hydrogens (tertiary/aromatic N) is 1. The predicted molar refractivity (Wildman–Crippen MR) is 54.7 cm³/mol. The van der Waals surface area contributed by atoms with Crippen molar-refractivity contribution < 1.29 is 8.91 Å². The van der Waals surface area contributed by atoms with E-state index >= 15 is 0 Å². The number of rotatable bonds is 1. The molecule has 0 spiro atoms. The molecule has 0 N–H and O–H groups in total. The lowest BCUT2D eigenvalue weighted by Crippen LogP contribution is -1.79. The molecule has 0 saturated heterocycles. The Labute approximate surface area is 82.7 Å². The van der Waals surface area contributed by atoms with Gasteiger partial charge in [-0.05, 0) is 18.6 Å². The molecule has 3 heteroatoms. The summed E-state index contributed by atoms with van der Waals surface area (Å²) in [5.41, 5.74) is 1.07. The SMILES string of the molecule is CC.CCc1noc2c(F)cccc12. The minimum atomic E-state index is -0.347. The number of aromatic nitrogens is 1. The second-order valence-electron chi connectivity index (χ2n) is 2.60. The molecule has 0 aliphatic rings. The maximum Gasteiger partial charge on any atom is 0.202 e. The molecule has 1 heterocycles. The van der Waals surface area contributed by atoms with Crippen LogP contribution in [0.15, 0.2) is 22.7 Å². The van der Waals surface area contributed by atoms with Crippen LogP contribution >= 0.6 is 0 Å². The van der Waals surface area contributed by atoms with Gasteiger partial charge in [-0.15, -0.1) is 0 Å². The van der Waals surface area contributed by atoms with Gasteiger partial charge in [0.15, 0.2) is 5.82 Å². The molecule has 0 aliphatic heterocycles. The summed E-state index contributed by atoms with van der Waals surface area (Å²) in [5, 5.41) is 4.54. The van der Waals surface area contributed by atoms with Crippen LogP contribution in [0, 0.1) is 5.82 Å². The molecule has 0 unspecified atom stereocenters. The van der Waals surface area contributed by atoms with E-state index in [9.17, 15) is 4.39 Å². The van der Waals surface area contributed by atoms with Gasteiger partial charge in [-0.3, -0.25) is 0 Å². The Bertz CT molecular complexity index is 409. The number of hydrogen-bond acceptors (Lipinski definition) is 2. The van der Waals surface area contributed by atoms with Crippen molar-refractivity contribution in [1.82, 2.24) is 5.16 Å². The van der Waals surface area contributed by atoms with E-state index in [1.807, 2.05) is 26.8 Å². The van der Waals surface area contributed by atoms with Gasteiger partial charge in [-0.25, -0.2) is 4.39 Å². The molecule has 0 aliphatic carbocycles. The van der Waals surface area contributed by atoms with Gasteiger partial charge in [0.25, 0.3) is 0 Å². The Morgan fingerprint density at radius 1 is 1.36 bits per heavy atom. The van der Waals surface area contributed by atoms with Crippen molar-refractivity contribution >= 4 is 11.0 Å². The first-order valence-electron chi connectivity index (χ1n) is 4.85. The van der Waals surface area contributed by atoms with Crippen molar-refractivity contribution in [1.29, 1.82) is 0 Å². The smallest absolute Gasteiger partial charge is 0.202 e. The van der Waals surface area contributed by atoms with Crippen LogP contribution in [0.3, 0.4) is 0 Å². The normalized spacial score (nSPS) is 9.71. The van der Waals surface area contributed by atoms with Crippen LogP contribution in [-0.2, 0) is 6.42 Å². The lowest BCUT2D eigenvalue weighted by Gasteiger charge is -1.88. The molecular formula is C11H14FNO. The fourth-order valence-corrected chi connectivity index (χ4v) is 1.23. The second kappa shape index (κ2) is 4.74. The first-order valence-corrected chi connectivity index (χ1v) is 4.85. The van der Waals surface area contributed by atoms with Crippen molar-refractivity contribution in [2.24, 2.45) is 0 Å². The molecule has 14 heavy (non-hydrogen) atoms. The van der Waals surface area contributed by atoms with E-state index in [-0.39, 0.29) is 11.4 Å². The fourth-order valence-electron chi connectivity index (χ4n) is 1.23. The Morgan fingerprint density at radius 3 is 2.71 bits per heavy atom. The van der Waals surface area contributed by atoms with Crippen LogP contribution < -0.4 is 0 Å². The van der Waals surface area contributed by atoms with Crippen LogP contribution in [0.25, 0.3) is 11.0 Å². The third-order valence-electron chi connectivity index (χ3n) is 1.86. The summed E-state index contributed by atoms with van der Waals surface area (Å²) in [6.45, 7) is 5.96. The lowest BCUT2D eigenvalue weighted by atomic mass is 10.2. The van der Waals surface area contributed by atoms with E-state index in [0.29, 0.717) is 0 Å². The number of aryl methyl sites for hydroxylation is 1. The van der Waals surface area contributed by atoms with E-state index < -0.39 is 0 Å². The first kappa shape index (κ1) is 10.7. The Kier molecular flexibility index (Phi) is 3.63. The molecular weight excluding hydrogens is 181 g/mol. The van der Waals surface area contributed by atoms with E-state index in [4.69, 9.17) is 4.52 Å². The average Bonchev–Trinajstić information content (AvgIpc) is 2.65. The van der Waals surface area contributed by atoms with Gasteiger partial charge in [-0.1, -0.05) is 32.0 Å². The summed E-state index contributed by atoms with van der Waals surface area (Å²) in [6.07, 6.45) is 0.760. The average molecular weight is 195 g/mol. The van der Waals surface area contributed by atoms with Crippen LogP contribution in [-0.4, -0.2) is 5.16 Å². The fraction of sp³-hybridized carbons (Fsp3) is 0.364. The Hall–Kier alpha value is -1.38. The van der Waals surface area contributed by atoms with Crippen LogP contribution in [0.1, 0.15) is 26.5 Å². The van der Waals surface area contributed by atoms with Gasteiger partial charge in [0.1, 0.15) is 0 Å². The zero-order valence-corrected chi connectivity index (χ0v) is 8.67. The van der Waals surface area contributed by atoms with Gasteiger partial charge in [0.05, 0.1) is 5.69 Å². The molecule has 0 amide bonds. The molecule has 2 aromatic rings. The van der Waals surface area contributed by atoms with Crippen molar-refractivity contribution in [3.8, 4) is 0 Å². The highest BCUT2D eigenvalue weighted by molar-refractivity contribution is 5.79. The van der Waals surface area contributed by atoms with Crippen molar-refractivity contribution in [3.05, 3.63) is 29.7 Å². The minimum absolute atomic E-state index is 0.259. The van der Waals surface area contributed by atoms with Crippen molar-refractivity contribution in [2.75, 3.05) is 0 Å². The summed E-state index contributed by atoms with van der Waals surface area (Å²) >= 11 is 0. The zero-order valence-electron chi connectivity index (χ0n) is 8.67. The maximum absolute atomic E-state index is 13.0. The molecule has 0 radical (unpaired) electrons. The van der Waals surface area contributed by atoms with Gasteiger partial charge >= 0.3 is 0 Å². The third-order valence-corrected chi connectivity index (χ3v) is 1.86. The molecule has 0 bridgehead atoms. The van der Waals surface area contributed by atoms with Gasteiger partial charge in [-0.2, -0.15) is 0 Å². The van der Waals surface area contributed by atoms with E-state index in [2.05, 4.69) is 5.16 Å². The Morgan fingerprint density at radius 2 is 2.07 bits per heavy atom. The number of benzene rings is 1. The molecule has 1 aromatic heterocycles. The number of hydrogen-bond donors (Lipinski definition) is 0. The molecule has 0 fully saturated rings. The van der Waals surface area contributed by atoms with Crippen LogP contribution in [0.4, 0.5) is 4.39 Å². The monoisotopic (exact) mass is 195 g/mol. The van der Waals surface area contributed by atoms with E-state index in [1.54, 1.807) is 6.07 Å². The topological polar surface area (TPSA) is 26.0 Å². The highest BCUT2D eigenvalue weighted by atomic mass is 19.1. The lowest BCUT2D eigenvalue weighted by molar-refractivity contribution is 0.432. The van der Waals surface area contributed by atoms with Gasteiger partial charge in [0, 0.05) is 5.39 Å². The zero-order chi connectivity index (χ0) is 10.6. The number of para-hydroxylation sites is 1. The molecule has 76 valence electrons. The highest BCUT2D eigenvalue weighted by Crippen LogP contribution is 2.20. The van der Waals surface area contributed by atoms with Gasteiger partial charge < -0.3 is 4.52 Å². The summed E-state index contributed by atoms with van der Waals surface area (Å²) < 4.78 is 17.8. The van der Waals surface area contributed by atoms with Gasteiger partial charge in [0.2, 0.25) is 5.58 Å². The van der Waals surface area contributed by atoms with Crippen LogP contribution in [0.5, 0.6) is 0 Å². The third kappa shape index (κ3) is 1.76. The van der Waals surface area contributed by atoms with Crippen LogP contribution in [0.2, 0.25) is 0 Å². The molecule has 2 nitrogen and oxygen atoms in total. The molecule has 0 saturated carbocycles. The number of fused-ring (bicyclic) bond motifs is 1. The standard InChI is InChI=1S/C9H8FNO.C2H6/c1-2-8-6-4-3-5-7(10)9(6)12-11-8;1-2/h3-5H,2H2,1H3;1-2H3. The molecule has 1 aromatic carbocycles. The van der Waals surface area contributed by atoms with Crippen molar-refractivity contribution in [3.63, 3.8) is 0 Å². The quantitative estimate of drug-likeness (QED) is 0.695. The van der Waals surface area contributed by atoms with E-state index in [1.165, 1.54) is 6.07 Å². The maximum atomic E-state index is 13.0. The predicted octanol–water partition coefficient (Wildman–Crippen LogP) is 3.56. The summed E-state index contributed by atoms with van der Waals surface area (Å²) in [5.74, 6) is -0.347. The number of halogens is 1. The summed E-state index contributed by atoms with van der Waals surface area (Å²) in [4.78, 5) is 0. The minimum Gasteiger partial charge on any atom is -0.353 e. The summed E-state index contributed by atoms with van der Waals surface area (Å²) in [7, 11) is 0. The first-order chi connectivity index (χ1) is 6.83. The van der Waals surface area contributed by atoms with E-state index in [0.717, 1.165) is 17.5 Å². The summed E-state index contributed by atoms with van der Waals surface area (Å²) in [6, 6.07) is 4.84. The largest absolute Gasteiger partial charge is 0.353 e. The highest BCUT2D eigenvalue weighted by Gasteiger charge is 2.08. The molecule has 0 atom stereocenters. The Balaban J connectivity index is 0.000000461.